The third kappa shape index (κ3) is 6.65. The van der Waals surface area contributed by atoms with Crippen molar-refractivity contribution in [3.63, 3.8) is 0 Å². The SMILES string of the molecule is CC(C)(C)[C@@H]1NC(=O)OCCCCCCNC(=O)c2cccc3c2CN(C3)C(=O)O[C@@H]2CC(C(=O)O)N(C2)C1=O. The highest BCUT2D eigenvalue weighted by atomic mass is 16.6. The van der Waals surface area contributed by atoms with Crippen molar-refractivity contribution in [2.24, 2.45) is 5.41 Å². The summed E-state index contributed by atoms with van der Waals surface area (Å²) in [4.78, 5) is 66.8. The molecular weight excluding hydrogens is 520 g/mol. The van der Waals surface area contributed by atoms with Gasteiger partial charge in [-0.25, -0.2) is 14.4 Å². The quantitative estimate of drug-likeness (QED) is 0.475. The van der Waals surface area contributed by atoms with Crippen molar-refractivity contribution >= 4 is 30.0 Å². The van der Waals surface area contributed by atoms with Crippen molar-refractivity contribution in [1.82, 2.24) is 20.4 Å². The molecule has 3 atom stereocenters. The van der Waals surface area contributed by atoms with Crippen molar-refractivity contribution in [2.75, 3.05) is 19.7 Å². The number of carbonyl (C=O) groups excluding carboxylic acids is 4. The summed E-state index contributed by atoms with van der Waals surface area (Å²) in [5.74, 6) is -2.02. The van der Waals surface area contributed by atoms with E-state index in [1.807, 2.05) is 6.07 Å². The molecule has 0 spiro atoms. The highest BCUT2D eigenvalue weighted by Gasteiger charge is 2.46. The van der Waals surface area contributed by atoms with Crippen LogP contribution in [0.15, 0.2) is 18.2 Å². The molecular formula is C28H38N4O8. The van der Waals surface area contributed by atoms with Crippen LogP contribution in [0.4, 0.5) is 9.59 Å². The fraction of sp³-hybridized carbons (Fsp3) is 0.607. The van der Waals surface area contributed by atoms with E-state index < -0.39 is 47.7 Å². The van der Waals surface area contributed by atoms with Gasteiger partial charge >= 0.3 is 18.2 Å². The topological polar surface area (TPSA) is 155 Å². The second kappa shape index (κ2) is 12.1. The summed E-state index contributed by atoms with van der Waals surface area (Å²) in [6, 6.07) is 3.10. The second-order valence-electron chi connectivity index (χ2n) is 11.6. The molecule has 0 saturated carbocycles. The summed E-state index contributed by atoms with van der Waals surface area (Å²) in [6.45, 7) is 6.27. The Morgan fingerprint density at radius 3 is 2.52 bits per heavy atom. The Kier molecular flexibility index (Phi) is 8.85. The van der Waals surface area contributed by atoms with Gasteiger partial charge in [-0.3, -0.25) is 14.5 Å². The molecule has 40 heavy (non-hydrogen) atoms. The van der Waals surface area contributed by atoms with Gasteiger partial charge in [0.15, 0.2) is 0 Å². The Labute approximate surface area is 233 Å². The average molecular weight is 559 g/mol. The van der Waals surface area contributed by atoms with Gasteiger partial charge in [0.05, 0.1) is 19.7 Å². The lowest BCUT2D eigenvalue weighted by Gasteiger charge is -2.34. The molecule has 1 fully saturated rings. The smallest absolute Gasteiger partial charge is 0.410 e. The van der Waals surface area contributed by atoms with Crippen LogP contribution < -0.4 is 10.6 Å². The maximum atomic E-state index is 13.6. The molecule has 4 rings (SSSR count). The molecule has 0 aromatic heterocycles. The summed E-state index contributed by atoms with van der Waals surface area (Å²) < 4.78 is 11.0. The summed E-state index contributed by atoms with van der Waals surface area (Å²) in [5, 5.41) is 15.4. The van der Waals surface area contributed by atoms with Crippen LogP contribution in [0.3, 0.4) is 0 Å². The Morgan fingerprint density at radius 1 is 1.05 bits per heavy atom. The van der Waals surface area contributed by atoms with Crippen LogP contribution >= 0.6 is 0 Å². The van der Waals surface area contributed by atoms with E-state index in [-0.39, 0.29) is 38.6 Å². The van der Waals surface area contributed by atoms with E-state index in [2.05, 4.69) is 10.6 Å². The largest absolute Gasteiger partial charge is 0.480 e. The minimum atomic E-state index is -1.23. The van der Waals surface area contributed by atoms with Gasteiger partial charge in [-0.05, 0) is 41.9 Å². The van der Waals surface area contributed by atoms with Gasteiger partial charge in [-0.1, -0.05) is 39.3 Å². The van der Waals surface area contributed by atoms with E-state index in [1.165, 1.54) is 4.90 Å². The molecule has 4 bridgehead atoms. The number of carboxylic acids is 1. The van der Waals surface area contributed by atoms with Crippen molar-refractivity contribution in [1.29, 1.82) is 0 Å². The van der Waals surface area contributed by atoms with Crippen molar-refractivity contribution in [3.8, 4) is 0 Å². The number of carbonyl (C=O) groups is 5. The van der Waals surface area contributed by atoms with Gasteiger partial charge in [-0.15, -0.1) is 0 Å². The number of hydrogen-bond acceptors (Lipinski definition) is 7. The first-order valence-electron chi connectivity index (χ1n) is 13.8. The molecule has 12 nitrogen and oxygen atoms in total. The first-order chi connectivity index (χ1) is 19.0. The molecule has 1 saturated heterocycles. The molecule has 4 amide bonds. The summed E-state index contributed by atoms with van der Waals surface area (Å²) in [7, 11) is 0. The van der Waals surface area contributed by atoms with Crippen LogP contribution in [-0.4, -0.2) is 82.8 Å². The minimum absolute atomic E-state index is 0.0808. The number of fused-ring (bicyclic) bond motifs is 3. The fourth-order valence-corrected chi connectivity index (χ4v) is 5.36. The van der Waals surface area contributed by atoms with Gasteiger partial charge in [0, 0.05) is 25.1 Å². The second-order valence-corrected chi connectivity index (χ2v) is 11.6. The number of hydrogen-bond donors (Lipinski definition) is 3. The van der Waals surface area contributed by atoms with E-state index >= 15 is 0 Å². The fourth-order valence-electron chi connectivity index (χ4n) is 5.36. The number of carboxylic acid groups (broad SMARTS) is 1. The van der Waals surface area contributed by atoms with Crippen LogP contribution in [0, 0.1) is 5.41 Å². The number of benzene rings is 1. The number of nitrogens with one attached hydrogen (secondary N) is 2. The third-order valence-corrected chi connectivity index (χ3v) is 7.55. The first-order valence-corrected chi connectivity index (χ1v) is 13.8. The Bertz CT molecular complexity index is 1160. The lowest BCUT2D eigenvalue weighted by atomic mass is 9.85. The van der Waals surface area contributed by atoms with E-state index in [1.54, 1.807) is 32.9 Å². The first kappa shape index (κ1) is 29.2. The maximum Gasteiger partial charge on any atom is 0.410 e. The van der Waals surface area contributed by atoms with Crippen LogP contribution in [0.5, 0.6) is 0 Å². The molecule has 1 aromatic carbocycles. The third-order valence-electron chi connectivity index (χ3n) is 7.55. The zero-order valence-corrected chi connectivity index (χ0v) is 23.2. The predicted molar refractivity (Wildman–Crippen MR) is 142 cm³/mol. The molecule has 0 aliphatic carbocycles. The number of alkyl carbamates (subject to hydrolysis) is 1. The lowest BCUT2D eigenvalue weighted by Crippen LogP contribution is -2.57. The molecule has 3 heterocycles. The van der Waals surface area contributed by atoms with Gasteiger partial charge < -0.3 is 30.1 Å². The highest BCUT2D eigenvalue weighted by Crippen LogP contribution is 2.30. The molecule has 1 unspecified atom stereocenters. The zero-order chi connectivity index (χ0) is 29.0. The molecule has 12 heteroatoms. The molecule has 3 N–H and O–H groups in total. The van der Waals surface area contributed by atoms with Crippen LogP contribution in [0.2, 0.25) is 0 Å². The van der Waals surface area contributed by atoms with Gasteiger partial charge in [0.25, 0.3) is 5.91 Å². The van der Waals surface area contributed by atoms with Crippen LogP contribution in [-0.2, 0) is 32.2 Å². The normalized spacial score (nSPS) is 25.2. The Hall–Kier alpha value is -3.83. The number of rotatable bonds is 1. The number of aliphatic carboxylic acids is 1. The molecule has 3 aliphatic heterocycles. The summed E-state index contributed by atoms with van der Waals surface area (Å²) in [5.41, 5.74) is 1.36. The highest BCUT2D eigenvalue weighted by molar-refractivity contribution is 5.96. The van der Waals surface area contributed by atoms with Crippen LogP contribution in [0.25, 0.3) is 0 Å². The van der Waals surface area contributed by atoms with E-state index in [0.717, 1.165) is 35.3 Å². The van der Waals surface area contributed by atoms with Gasteiger partial charge in [0.2, 0.25) is 5.91 Å². The van der Waals surface area contributed by atoms with E-state index in [0.29, 0.717) is 18.5 Å². The van der Waals surface area contributed by atoms with Crippen LogP contribution in [0.1, 0.15) is 74.4 Å². The molecule has 3 aliphatic rings. The summed E-state index contributed by atoms with van der Waals surface area (Å²) in [6.07, 6.45) is 0.653. The average Bonchev–Trinajstić information content (AvgIpc) is 3.52. The molecule has 0 radical (unpaired) electrons. The van der Waals surface area contributed by atoms with Crippen molar-refractivity contribution in [2.45, 2.75) is 84.2 Å². The molecule has 218 valence electrons. The standard InChI is InChI=1S/C28H38N4O8/c1-28(2,3)22-24(34)32-15-18(13-21(32)25(35)36)40-27(38)31-14-17-9-8-10-19(20(17)16-31)23(33)29-11-6-4-5-7-12-39-26(37)30-22/h8-10,18,21-22H,4-7,11-16H2,1-3H3,(H,29,33)(H,30,37)(H,35,36)/t18-,21?,22-/m1/s1. The number of cyclic esters (lactones) is 1. The zero-order valence-electron chi connectivity index (χ0n) is 23.2. The summed E-state index contributed by atoms with van der Waals surface area (Å²) >= 11 is 0. The number of ether oxygens (including phenoxy) is 2. The monoisotopic (exact) mass is 558 g/mol. The number of nitrogens with zero attached hydrogens (tertiary/aromatic N) is 2. The van der Waals surface area contributed by atoms with Crippen molar-refractivity contribution < 1.29 is 38.6 Å². The number of amides is 4. The van der Waals surface area contributed by atoms with Gasteiger partial charge in [-0.2, -0.15) is 0 Å². The Balaban J connectivity index is 1.56. The Morgan fingerprint density at radius 2 is 1.80 bits per heavy atom. The lowest BCUT2D eigenvalue weighted by molar-refractivity contribution is -0.150. The van der Waals surface area contributed by atoms with E-state index in [9.17, 15) is 29.1 Å². The van der Waals surface area contributed by atoms with E-state index in [4.69, 9.17) is 9.47 Å². The van der Waals surface area contributed by atoms with Gasteiger partial charge in [0.1, 0.15) is 18.2 Å². The van der Waals surface area contributed by atoms with Crippen molar-refractivity contribution in [3.05, 3.63) is 34.9 Å². The molecule has 1 aromatic rings. The minimum Gasteiger partial charge on any atom is -0.480 e. The maximum absolute atomic E-state index is 13.6. The predicted octanol–water partition coefficient (Wildman–Crippen LogP) is 2.64.